The number of methoxy groups -OCH3 is 1. The van der Waals surface area contributed by atoms with Gasteiger partial charge in [0.05, 0.1) is 7.11 Å². The van der Waals surface area contributed by atoms with E-state index < -0.39 is 0 Å². The molecule has 2 N–H and O–H groups in total. The first-order chi connectivity index (χ1) is 12.1. The zero-order valence-electron chi connectivity index (χ0n) is 14.1. The molecule has 25 heavy (non-hydrogen) atoms. The second-order valence-corrected chi connectivity index (χ2v) is 6.41. The zero-order chi connectivity index (χ0) is 18.1. The van der Waals surface area contributed by atoms with Crippen molar-refractivity contribution in [3.8, 4) is 5.75 Å². The van der Waals surface area contributed by atoms with Crippen LogP contribution in [0.25, 0.3) is 6.08 Å². The van der Waals surface area contributed by atoms with Crippen molar-refractivity contribution in [1.82, 2.24) is 10.6 Å². The Kier molecular flexibility index (Phi) is 7.50. The molecule has 0 atom stereocenters. The highest BCUT2D eigenvalue weighted by Gasteiger charge is 2.01. The van der Waals surface area contributed by atoms with Crippen LogP contribution in [0.3, 0.4) is 0 Å². The highest BCUT2D eigenvalue weighted by Crippen LogP contribution is 2.14. The largest absolute Gasteiger partial charge is 0.497 e. The fourth-order valence-corrected chi connectivity index (χ4v) is 2.59. The minimum atomic E-state index is -0.272. The van der Waals surface area contributed by atoms with Crippen LogP contribution in [0.15, 0.2) is 59.5 Å². The average molecular weight is 373 g/mol. The van der Waals surface area contributed by atoms with Crippen molar-refractivity contribution in [3.05, 3.63) is 65.7 Å². The van der Waals surface area contributed by atoms with Gasteiger partial charge in [0, 0.05) is 17.5 Å². The molecule has 0 unspecified atom stereocenters. The Labute approximate surface area is 157 Å². The van der Waals surface area contributed by atoms with E-state index in [2.05, 4.69) is 22.8 Å². The number of amides is 1. The lowest BCUT2D eigenvalue weighted by Crippen LogP contribution is -2.37. The Morgan fingerprint density at radius 2 is 1.84 bits per heavy atom. The smallest absolute Gasteiger partial charge is 0.250 e. The molecule has 0 heterocycles. The highest BCUT2D eigenvalue weighted by atomic mass is 32.2. The number of carbonyl (C=O) groups excluding carboxylic acids is 1. The van der Waals surface area contributed by atoms with Gasteiger partial charge >= 0.3 is 0 Å². The quantitative estimate of drug-likeness (QED) is 0.461. The van der Waals surface area contributed by atoms with Gasteiger partial charge in [-0.2, -0.15) is 0 Å². The molecule has 0 aliphatic carbocycles. The van der Waals surface area contributed by atoms with Crippen LogP contribution < -0.4 is 15.4 Å². The first-order valence-electron chi connectivity index (χ1n) is 7.64. The van der Waals surface area contributed by atoms with E-state index in [1.165, 1.54) is 11.0 Å². The fourth-order valence-electron chi connectivity index (χ4n) is 2.01. The SMILES string of the molecule is COc1ccc(/C=C/C(=O)NC(=S)NCc2ccc(SC)cc2)cc1. The van der Waals surface area contributed by atoms with E-state index >= 15 is 0 Å². The first-order valence-corrected chi connectivity index (χ1v) is 9.28. The lowest BCUT2D eigenvalue weighted by molar-refractivity contribution is -0.115. The molecule has 0 aromatic heterocycles. The van der Waals surface area contributed by atoms with Gasteiger partial charge in [-0.3, -0.25) is 10.1 Å². The third-order valence-corrected chi connectivity index (χ3v) is 4.38. The maximum atomic E-state index is 11.9. The number of thiocarbonyl (C=S) groups is 1. The van der Waals surface area contributed by atoms with Gasteiger partial charge < -0.3 is 10.1 Å². The molecule has 2 aromatic carbocycles. The summed E-state index contributed by atoms with van der Waals surface area (Å²) in [5.41, 5.74) is 2.01. The molecule has 2 rings (SSSR count). The Hall–Kier alpha value is -2.31. The van der Waals surface area contributed by atoms with Crippen molar-refractivity contribution >= 4 is 41.1 Å². The van der Waals surface area contributed by atoms with Gasteiger partial charge in [-0.15, -0.1) is 11.8 Å². The zero-order valence-corrected chi connectivity index (χ0v) is 15.7. The third kappa shape index (κ3) is 6.60. The minimum absolute atomic E-state index is 0.272. The van der Waals surface area contributed by atoms with Crippen molar-refractivity contribution in [3.63, 3.8) is 0 Å². The van der Waals surface area contributed by atoms with Crippen LogP contribution in [0, 0.1) is 0 Å². The monoisotopic (exact) mass is 372 g/mol. The summed E-state index contributed by atoms with van der Waals surface area (Å²) in [5, 5.41) is 5.96. The van der Waals surface area contributed by atoms with Gasteiger partial charge in [0.1, 0.15) is 5.75 Å². The van der Waals surface area contributed by atoms with Crippen molar-refractivity contribution < 1.29 is 9.53 Å². The Morgan fingerprint density at radius 1 is 1.16 bits per heavy atom. The fraction of sp³-hybridized carbons (Fsp3) is 0.158. The Morgan fingerprint density at radius 3 is 2.44 bits per heavy atom. The molecule has 1 amide bonds. The van der Waals surface area contributed by atoms with Crippen LogP contribution in [0.4, 0.5) is 0 Å². The molecular weight excluding hydrogens is 352 g/mol. The predicted octanol–water partition coefficient (Wildman–Crippen LogP) is 3.62. The molecule has 0 saturated heterocycles. The number of benzene rings is 2. The lowest BCUT2D eigenvalue weighted by Gasteiger charge is -2.08. The molecule has 0 saturated carbocycles. The summed E-state index contributed by atoms with van der Waals surface area (Å²) in [5.74, 6) is 0.503. The first kappa shape index (κ1) is 19.0. The molecule has 6 heteroatoms. The number of carbonyl (C=O) groups is 1. The number of hydrogen-bond donors (Lipinski definition) is 2. The summed E-state index contributed by atoms with van der Waals surface area (Å²) < 4.78 is 5.09. The molecule has 0 bridgehead atoms. The number of rotatable bonds is 6. The van der Waals surface area contributed by atoms with Gasteiger partial charge in [-0.1, -0.05) is 24.3 Å². The van der Waals surface area contributed by atoms with Gasteiger partial charge in [-0.25, -0.2) is 0 Å². The summed E-state index contributed by atoms with van der Waals surface area (Å²) in [6, 6.07) is 15.6. The van der Waals surface area contributed by atoms with E-state index in [4.69, 9.17) is 17.0 Å². The average Bonchev–Trinajstić information content (AvgIpc) is 2.65. The topological polar surface area (TPSA) is 50.4 Å². The molecule has 0 aliphatic rings. The van der Waals surface area contributed by atoms with Crippen LogP contribution >= 0.6 is 24.0 Å². The van der Waals surface area contributed by atoms with E-state index in [1.807, 2.05) is 42.7 Å². The second-order valence-electron chi connectivity index (χ2n) is 5.13. The normalized spacial score (nSPS) is 10.5. The molecule has 2 aromatic rings. The van der Waals surface area contributed by atoms with Crippen molar-refractivity contribution in [2.45, 2.75) is 11.4 Å². The van der Waals surface area contributed by atoms with Crippen LogP contribution in [0.5, 0.6) is 5.75 Å². The van der Waals surface area contributed by atoms with Gasteiger partial charge in [0.15, 0.2) is 5.11 Å². The number of thioether (sulfide) groups is 1. The minimum Gasteiger partial charge on any atom is -0.497 e. The van der Waals surface area contributed by atoms with Crippen LogP contribution in [0.1, 0.15) is 11.1 Å². The van der Waals surface area contributed by atoms with Crippen LogP contribution in [-0.2, 0) is 11.3 Å². The predicted molar refractivity (Wildman–Crippen MR) is 108 cm³/mol. The van der Waals surface area contributed by atoms with Crippen LogP contribution in [0.2, 0.25) is 0 Å². The highest BCUT2D eigenvalue weighted by molar-refractivity contribution is 7.98. The molecule has 130 valence electrons. The third-order valence-electron chi connectivity index (χ3n) is 3.39. The maximum Gasteiger partial charge on any atom is 0.250 e. The summed E-state index contributed by atoms with van der Waals surface area (Å²) in [4.78, 5) is 13.1. The Bertz CT molecular complexity index is 741. The maximum absolute atomic E-state index is 11.9. The lowest BCUT2D eigenvalue weighted by atomic mass is 10.2. The number of ether oxygens (including phenoxy) is 1. The number of nitrogens with one attached hydrogen (secondary N) is 2. The van der Waals surface area contributed by atoms with Crippen LogP contribution in [-0.4, -0.2) is 24.4 Å². The van der Waals surface area contributed by atoms with Gasteiger partial charge in [0.2, 0.25) is 5.91 Å². The second kappa shape index (κ2) is 9.86. The van der Waals surface area contributed by atoms with E-state index in [9.17, 15) is 4.79 Å². The van der Waals surface area contributed by atoms with Gasteiger partial charge in [-0.05, 0) is 59.9 Å². The van der Waals surface area contributed by atoms with Crippen molar-refractivity contribution in [2.75, 3.05) is 13.4 Å². The van der Waals surface area contributed by atoms with Crippen molar-refractivity contribution in [1.29, 1.82) is 0 Å². The van der Waals surface area contributed by atoms with E-state index in [0.717, 1.165) is 16.9 Å². The number of hydrogen-bond acceptors (Lipinski definition) is 4. The molecular formula is C19H20N2O2S2. The van der Waals surface area contributed by atoms with Crippen molar-refractivity contribution in [2.24, 2.45) is 0 Å². The molecule has 0 fully saturated rings. The molecule has 0 radical (unpaired) electrons. The van der Waals surface area contributed by atoms with E-state index in [-0.39, 0.29) is 5.91 Å². The Balaban J connectivity index is 1.78. The summed E-state index contributed by atoms with van der Waals surface area (Å²) in [7, 11) is 1.61. The molecule has 0 aliphatic heterocycles. The summed E-state index contributed by atoms with van der Waals surface area (Å²) >= 11 is 6.84. The standard InChI is InChI=1S/C19H20N2O2S2/c1-23-16-8-3-14(4-9-16)7-12-18(22)21-19(24)20-13-15-5-10-17(25-2)11-6-15/h3-12H,13H2,1-2H3,(H2,20,21,22,24)/b12-7+. The van der Waals surface area contributed by atoms with E-state index in [0.29, 0.717) is 11.7 Å². The summed E-state index contributed by atoms with van der Waals surface area (Å²) in [6.07, 6.45) is 5.21. The molecule has 0 spiro atoms. The summed E-state index contributed by atoms with van der Waals surface area (Å²) in [6.45, 7) is 0.565. The van der Waals surface area contributed by atoms with E-state index in [1.54, 1.807) is 24.9 Å². The van der Waals surface area contributed by atoms with Gasteiger partial charge in [0.25, 0.3) is 0 Å². The molecule has 4 nitrogen and oxygen atoms in total.